The predicted octanol–water partition coefficient (Wildman–Crippen LogP) is 5.83. The number of aromatic nitrogens is 2. The molecule has 3 aromatic rings. The number of benzene rings is 1. The number of hydrogen-bond acceptors (Lipinski definition) is 6. The Kier molecular flexibility index (Phi) is 8.61. The topological polar surface area (TPSA) is 102 Å². The Balaban J connectivity index is 1.72. The van der Waals surface area contributed by atoms with Gasteiger partial charge in [0.25, 0.3) is 0 Å². The number of carbonyl (C=O) groups is 2. The minimum atomic E-state index is -0.707. The van der Waals surface area contributed by atoms with Gasteiger partial charge in [-0.1, -0.05) is 38.1 Å². The van der Waals surface area contributed by atoms with Gasteiger partial charge in [-0.15, -0.1) is 11.3 Å². The van der Waals surface area contributed by atoms with Gasteiger partial charge in [0.05, 0.1) is 33.8 Å². The average molecular weight is 571 g/mol. The molecule has 9 nitrogen and oxygen atoms in total. The Hall–Kier alpha value is -3.83. The Morgan fingerprint density at radius 2 is 2.08 bits per heavy atom. The zero-order chi connectivity index (χ0) is 28.3. The molecule has 0 saturated carbocycles. The van der Waals surface area contributed by atoms with E-state index in [0.717, 1.165) is 0 Å². The number of hydrogen-bond donors (Lipinski definition) is 1. The fraction of sp³-hybridized carbons (Fsp3) is 0.296. The number of aromatic hydroxyl groups is 1. The van der Waals surface area contributed by atoms with Crippen LogP contribution in [0, 0.1) is 5.82 Å². The normalized spacial score (nSPS) is 15.7. The van der Waals surface area contributed by atoms with Crippen molar-refractivity contribution in [3.05, 3.63) is 65.0 Å². The molecule has 3 heterocycles. The lowest BCUT2D eigenvalue weighted by Gasteiger charge is -2.38. The van der Waals surface area contributed by atoms with Crippen molar-refractivity contribution in [3.8, 4) is 17.0 Å². The summed E-state index contributed by atoms with van der Waals surface area (Å²) in [5.41, 5.74) is 2.11. The van der Waals surface area contributed by atoms with Gasteiger partial charge in [0.1, 0.15) is 22.4 Å². The molecule has 0 bridgehead atoms. The van der Waals surface area contributed by atoms with Crippen LogP contribution in [-0.4, -0.2) is 68.8 Å². The van der Waals surface area contributed by atoms with Crippen LogP contribution in [0.3, 0.4) is 0 Å². The lowest BCUT2D eigenvalue weighted by Crippen LogP contribution is -2.52. The monoisotopic (exact) mass is 570 g/mol. The first-order chi connectivity index (χ1) is 18.6. The van der Waals surface area contributed by atoms with Crippen molar-refractivity contribution in [2.24, 2.45) is 4.99 Å². The Bertz CT molecular complexity index is 1410. The second-order valence-electron chi connectivity index (χ2n) is 9.27. The molecule has 0 aliphatic carbocycles. The van der Waals surface area contributed by atoms with Crippen LogP contribution in [-0.2, 0) is 4.79 Å². The summed E-state index contributed by atoms with van der Waals surface area (Å²) >= 11 is 7.61. The summed E-state index contributed by atoms with van der Waals surface area (Å²) in [6.07, 6.45) is 2.75. The number of phenolic OH excluding ortho intramolecular Hbond substituents is 1. The van der Waals surface area contributed by atoms with Gasteiger partial charge < -0.3 is 14.9 Å². The van der Waals surface area contributed by atoms with Gasteiger partial charge >= 0.3 is 6.03 Å². The SMILES string of the molecule is C=CC(=O)N1CCN(C=NC(=O)N(c2ccc(Cl)c(-c3c(O)cccc3F)n2)c2scnc2C(C)C)[C@@H](C)C1. The number of piperazine rings is 1. The first kappa shape index (κ1) is 28.2. The smallest absolute Gasteiger partial charge is 0.355 e. The minimum absolute atomic E-state index is 0.0107. The van der Waals surface area contributed by atoms with Crippen LogP contribution in [0.5, 0.6) is 5.75 Å². The van der Waals surface area contributed by atoms with E-state index in [1.54, 1.807) is 10.4 Å². The molecule has 1 N–H and O–H groups in total. The van der Waals surface area contributed by atoms with Gasteiger partial charge in [-0.05, 0) is 43.2 Å². The number of pyridine rings is 1. The van der Waals surface area contributed by atoms with E-state index in [9.17, 15) is 19.1 Å². The molecule has 1 fully saturated rings. The van der Waals surface area contributed by atoms with Crippen molar-refractivity contribution in [1.29, 1.82) is 0 Å². The zero-order valence-electron chi connectivity index (χ0n) is 21.7. The first-order valence-electron chi connectivity index (χ1n) is 12.3. The van der Waals surface area contributed by atoms with Crippen molar-refractivity contribution < 1.29 is 19.1 Å². The molecular formula is C27H28ClFN6O3S. The van der Waals surface area contributed by atoms with Gasteiger partial charge in [0, 0.05) is 25.7 Å². The summed E-state index contributed by atoms with van der Waals surface area (Å²) in [5, 5.41) is 11.0. The van der Waals surface area contributed by atoms with Crippen molar-refractivity contribution in [1.82, 2.24) is 19.8 Å². The molecule has 2 aromatic heterocycles. The third-order valence-corrected chi connectivity index (χ3v) is 7.42. The number of amides is 3. The number of urea groups is 1. The van der Waals surface area contributed by atoms with Gasteiger partial charge in [-0.2, -0.15) is 4.99 Å². The fourth-order valence-electron chi connectivity index (χ4n) is 4.23. The second kappa shape index (κ2) is 11.9. The molecule has 12 heteroatoms. The van der Waals surface area contributed by atoms with Crippen molar-refractivity contribution in [3.63, 3.8) is 0 Å². The first-order valence-corrected chi connectivity index (χ1v) is 13.5. The summed E-state index contributed by atoms with van der Waals surface area (Å²) in [6.45, 7) is 10.8. The number of carbonyl (C=O) groups excluding carboxylic acids is 2. The standard InChI is InChI=1S/C27H28ClFN6O3S/c1-5-22(37)33-11-12-34(17(4)13-33)14-30-27(38)35(26-24(16(2)3)31-15-39-26)21-10-9-18(28)25(32-21)23-19(29)7-6-8-20(23)36/h5-10,14-17,36H,1,11-13H2,2-4H3/t17-/m0/s1. The molecule has 204 valence electrons. The molecular weight excluding hydrogens is 543 g/mol. The summed E-state index contributed by atoms with van der Waals surface area (Å²) < 4.78 is 14.7. The van der Waals surface area contributed by atoms with Crippen LogP contribution in [0.25, 0.3) is 11.3 Å². The maximum atomic E-state index is 14.7. The van der Waals surface area contributed by atoms with E-state index < -0.39 is 11.8 Å². The molecule has 0 spiro atoms. The number of halogens is 2. The van der Waals surface area contributed by atoms with E-state index in [4.69, 9.17) is 11.6 Å². The molecule has 3 amide bonds. The molecule has 39 heavy (non-hydrogen) atoms. The number of nitrogens with zero attached hydrogens (tertiary/aromatic N) is 6. The van der Waals surface area contributed by atoms with Crippen molar-refractivity contribution >= 4 is 52.0 Å². The van der Waals surface area contributed by atoms with E-state index in [1.807, 2.05) is 25.7 Å². The third kappa shape index (κ3) is 5.94. The van der Waals surface area contributed by atoms with Crippen LogP contribution in [0.4, 0.5) is 20.0 Å². The number of thiazole rings is 1. The molecule has 0 radical (unpaired) electrons. The molecule has 1 aromatic carbocycles. The van der Waals surface area contributed by atoms with E-state index in [2.05, 4.69) is 21.5 Å². The molecule has 4 rings (SSSR count). The fourth-order valence-corrected chi connectivity index (χ4v) is 5.39. The van der Waals surface area contributed by atoms with Crippen LogP contribution in [0.1, 0.15) is 32.4 Å². The molecule has 1 atom stereocenters. The summed E-state index contributed by atoms with van der Waals surface area (Å²) in [4.78, 5) is 43.7. The number of aliphatic imine (C=N–C) groups is 1. The lowest BCUT2D eigenvalue weighted by molar-refractivity contribution is -0.128. The lowest BCUT2D eigenvalue weighted by atomic mass is 10.1. The van der Waals surface area contributed by atoms with Crippen LogP contribution >= 0.6 is 22.9 Å². The summed E-state index contributed by atoms with van der Waals surface area (Å²) in [7, 11) is 0. The van der Waals surface area contributed by atoms with Crippen LogP contribution in [0.15, 0.2) is 53.5 Å². The summed E-state index contributed by atoms with van der Waals surface area (Å²) in [5.74, 6) is -1.05. The number of phenols is 1. The second-order valence-corrected chi connectivity index (χ2v) is 10.5. The number of rotatable bonds is 6. The van der Waals surface area contributed by atoms with Gasteiger partial charge in [0.2, 0.25) is 5.91 Å². The highest BCUT2D eigenvalue weighted by atomic mass is 35.5. The average Bonchev–Trinajstić information content (AvgIpc) is 3.39. The van der Waals surface area contributed by atoms with Crippen LogP contribution < -0.4 is 4.90 Å². The molecule has 1 aliphatic rings. The third-order valence-electron chi connectivity index (χ3n) is 6.29. The largest absolute Gasteiger partial charge is 0.507 e. The van der Waals surface area contributed by atoms with Crippen molar-refractivity contribution in [2.75, 3.05) is 24.5 Å². The Labute approximate surface area is 234 Å². The minimum Gasteiger partial charge on any atom is -0.507 e. The van der Waals surface area contributed by atoms with E-state index in [0.29, 0.717) is 30.3 Å². The van der Waals surface area contributed by atoms with Gasteiger partial charge in [-0.25, -0.2) is 24.1 Å². The predicted molar refractivity (Wildman–Crippen MR) is 151 cm³/mol. The van der Waals surface area contributed by atoms with Gasteiger partial charge in [0.15, 0.2) is 0 Å². The Morgan fingerprint density at radius 3 is 2.74 bits per heavy atom. The maximum Gasteiger partial charge on any atom is 0.355 e. The number of anilines is 2. The zero-order valence-corrected chi connectivity index (χ0v) is 23.3. The van der Waals surface area contributed by atoms with E-state index in [1.165, 1.54) is 59.0 Å². The van der Waals surface area contributed by atoms with E-state index >= 15 is 0 Å². The molecule has 1 aliphatic heterocycles. The van der Waals surface area contributed by atoms with E-state index in [-0.39, 0.29) is 45.7 Å². The molecule has 0 unspecified atom stereocenters. The molecule has 1 saturated heterocycles. The highest BCUT2D eigenvalue weighted by Gasteiger charge is 2.28. The highest BCUT2D eigenvalue weighted by Crippen LogP contribution is 2.40. The quantitative estimate of drug-likeness (QED) is 0.227. The summed E-state index contributed by atoms with van der Waals surface area (Å²) in [6, 6.07) is 6.20. The Morgan fingerprint density at radius 1 is 1.31 bits per heavy atom. The maximum absolute atomic E-state index is 14.7. The van der Waals surface area contributed by atoms with Crippen molar-refractivity contribution in [2.45, 2.75) is 32.7 Å². The highest BCUT2D eigenvalue weighted by molar-refractivity contribution is 7.14. The van der Waals surface area contributed by atoms with Gasteiger partial charge in [-0.3, -0.25) is 4.79 Å². The van der Waals surface area contributed by atoms with Crippen LogP contribution in [0.2, 0.25) is 5.02 Å².